The summed E-state index contributed by atoms with van der Waals surface area (Å²) in [5, 5.41) is 1.79. The molecule has 0 amide bonds. The molecular weight excluding hydrogens is 320 g/mol. The fourth-order valence-electron chi connectivity index (χ4n) is 2.86. The first-order valence-electron chi connectivity index (χ1n) is 7.15. The van der Waals surface area contributed by atoms with E-state index in [2.05, 4.69) is 14.5 Å². The van der Waals surface area contributed by atoms with Crippen LogP contribution in [0, 0.1) is 5.92 Å². The van der Waals surface area contributed by atoms with Gasteiger partial charge in [-0.25, -0.2) is 13.4 Å². The zero-order valence-corrected chi connectivity index (χ0v) is 14.3. The molecule has 2 aromatic heterocycles. The van der Waals surface area contributed by atoms with E-state index in [1.54, 1.807) is 28.0 Å². The van der Waals surface area contributed by atoms with Gasteiger partial charge in [0, 0.05) is 37.9 Å². The molecule has 0 saturated carbocycles. The maximum absolute atomic E-state index is 12.8. The Morgan fingerprint density at radius 1 is 1.41 bits per heavy atom. The summed E-state index contributed by atoms with van der Waals surface area (Å²) in [6.45, 7) is 2.48. The first-order valence-corrected chi connectivity index (χ1v) is 9.47. The van der Waals surface area contributed by atoms with Crippen LogP contribution in [0.15, 0.2) is 34.1 Å². The predicted molar refractivity (Wildman–Crippen MR) is 86.2 cm³/mol. The molecule has 1 atom stereocenters. The minimum atomic E-state index is -3.45. The van der Waals surface area contributed by atoms with Crippen LogP contribution in [0.2, 0.25) is 0 Å². The van der Waals surface area contributed by atoms with E-state index in [-0.39, 0.29) is 5.92 Å². The van der Waals surface area contributed by atoms with Crippen molar-refractivity contribution in [1.82, 2.24) is 18.8 Å². The van der Waals surface area contributed by atoms with Crippen LogP contribution in [0.3, 0.4) is 0 Å². The Kier molecular flexibility index (Phi) is 4.35. The molecule has 3 heterocycles. The molecule has 0 spiro atoms. The minimum Gasteiger partial charge on any atom is -0.333 e. The summed E-state index contributed by atoms with van der Waals surface area (Å²) in [6, 6.07) is 3.44. The number of imidazole rings is 1. The zero-order valence-electron chi connectivity index (χ0n) is 12.7. The molecule has 0 fully saturated rings. The highest BCUT2D eigenvalue weighted by atomic mass is 32.2. The first kappa shape index (κ1) is 15.7. The third-order valence-electron chi connectivity index (χ3n) is 3.75. The zero-order chi connectivity index (χ0) is 15.7. The lowest BCUT2D eigenvalue weighted by atomic mass is 10.1. The average molecular weight is 340 g/mol. The van der Waals surface area contributed by atoms with Gasteiger partial charge in [-0.05, 0) is 25.5 Å². The van der Waals surface area contributed by atoms with Gasteiger partial charge in [0.2, 0.25) is 0 Å². The van der Waals surface area contributed by atoms with E-state index in [1.807, 2.05) is 20.3 Å². The smallest absolute Gasteiger partial charge is 0.252 e. The molecule has 0 bridgehead atoms. The van der Waals surface area contributed by atoms with E-state index in [0.29, 0.717) is 17.3 Å². The van der Waals surface area contributed by atoms with Gasteiger partial charge in [0.15, 0.2) is 0 Å². The molecule has 0 radical (unpaired) electrons. The van der Waals surface area contributed by atoms with Gasteiger partial charge < -0.3 is 9.47 Å². The van der Waals surface area contributed by atoms with Crippen LogP contribution in [-0.4, -0.2) is 54.4 Å². The maximum atomic E-state index is 12.8. The second-order valence-electron chi connectivity index (χ2n) is 5.85. The van der Waals surface area contributed by atoms with E-state index in [9.17, 15) is 8.42 Å². The van der Waals surface area contributed by atoms with Crippen molar-refractivity contribution in [3.8, 4) is 0 Å². The normalized spacial score (nSPS) is 20.0. The van der Waals surface area contributed by atoms with Crippen molar-refractivity contribution in [2.75, 3.05) is 27.2 Å². The van der Waals surface area contributed by atoms with Crippen molar-refractivity contribution in [2.24, 2.45) is 5.92 Å². The number of hydrogen-bond acceptors (Lipinski definition) is 5. The largest absolute Gasteiger partial charge is 0.333 e. The van der Waals surface area contributed by atoms with E-state index in [0.717, 1.165) is 18.9 Å². The number of thiophene rings is 1. The Morgan fingerprint density at radius 3 is 2.91 bits per heavy atom. The summed E-state index contributed by atoms with van der Waals surface area (Å²) in [6.07, 6.45) is 3.67. The third-order valence-corrected chi connectivity index (χ3v) is 6.93. The molecule has 22 heavy (non-hydrogen) atoms. The van der Waals surface area contributed by atoms with Gasteiger partial charge in [0.05, 0.1) is 6.54 Å². The molecule has 1 aliphatic rings. The number of aromatic nitrogens is 2. The molecule has 0 saturated heterocycles. The lowest BCUT2D eigenvalue weighted by Gasteiger charge is -2.24. The first-order chi connectivity index (χ1) is 10.5. The Labute approximate surface area is 135 Å². The van der Waals surface area contributed by atoms with Crippen molar-refractivity contribution in [3.63, 3.8) is 0 Å². The molecule has 2 aromatic rings. The maximum Gasteiger partial charge on any atom is 0.252 e. The summed E-state index contributed by atoms with van der Waals surface area (Å²) in [4.78, 5) is 6.42. The molecular formula is C14H20N4O2S2. The van der Waals surface area contributed by atoms with E-state index < -0.39 is 10.0 Å². The van der Waals surface area contributed by atoms with Crippen molar-refractivity contribution < 1.29 is 8.42 Å². The van der Waals surface area contributed by atoms with Crippen molar-refractivity contribution in [1.29, 1.82) is 0 Å². The van der Waals surface area contributed by atoms with Gasteiger partial charge in [0.1, 0.15) is 10.0 Å². The van der Waals surface area contributed by atoms with Gasteiger partial charge in [-0.15, -0.1) is 11.3 Å². The van der Waals surface area contributed by atoms with Gasteiger partial charge in [0.25, 0.3) is 10.0 Å². The average Bonchev–Trinajstić information content (AvgIpc) is 3.07. The Morgan fingerprint density at radius 2 is 2.23 bits per heavy atom. The molecule has 1 unspecified atom stereocenters. The quantitative estimate of drug-likeness (QED) is 0.842. The highest BCUT2D eigenvalue weighted by Gasteiger charge is 2.32. The van der Waals surface area contributed by atoms with E-state index in [4.69, 9.17) is 0 Å². The van der Waals surface area contributed by atoms with Gasteiger partial charge in [-0.2, -0.15) is 4.31 Å². The Bertz CT molecular complexity index is 722. The summed E-state index contributed by atoms with van der Waals surface area (Å²) < 4.78 is 29.7. The number of hydrogen-bond donors (Lipinski definition) is 0. The summed E-state index contributed by atoms with van der Waals surface area (Å²) >= 11 is 1.26. The standard InChI is InChI=1S/C14H20N4O2S2/c1-16(2)8-12-9-17-6-5-15-13(17)11-18(10-12)22(19,20)14-4-3-7-21-14/h3-7,12H,8-11H2,1-2H3. The highest BCUT2D eigenvalue weighted by Crippen LogP contribution is 2.26. The van der Waals surface area contributed by atoms with Crippen molar-refractivity contribution in [3.05, 3.63) is 35.7 Å². The van der Waals surface area contributed by atoms with Crippen LogP contribution in [-0.2, 0) is 23.1 Å². The predicted octanol–water partition coefficient (Wildman–Crippen LogP) is 1.33. The molecule has 0 N–H and O–H groups in total. The monoisotopic (exact) mass is 340 g/mol. The summed E-state index contributed by atoms with van der Waals surface area (Å²) in [5.41, 5.74) is 0. The molecule has 120 valence electrons. The minimum absolute atomic E-state index is 0.236. The molecule has 0 aromatic carbocycles. The lowest BCUT2D eigenvalue weighted by molar-refractivity contribution is 0.265. The fraction of sp³-hybridized carbons (Fsp3) is 0.500. The molecule has 0 aliphatic carbocycles. The summed E-state index contributed by atoms with van der Waals surface area (Å²) in [7, 11) is 0.572. The molecule has 8 heteroatoms. The molecule has 3 rings (SSSR count). The van der Waals surface area contributed by atoms with Crippen molar-refractivity contribution in [2.45, 2.75) is 17.3 Å². The van der Waals surface area contributed by atoms with Crippen LogP contribution in [0.4, 0.5) is 0 Å². The lowest BCUT2D eigenvalue weighted by Crippen LogP contribution is -2.37. The number of nitrogens with zero attached hydrogens (tertiary/aromatic N) is 4. The SMILES string of the molecule is CN(C)CC1CN(S(=O)(=O)c2cccs2)Cc2nccn2C1. The molecule has 6 nitrogen and oxygen atoms in total. The van der Waals surface area contributed by atoms with Gasteiger partial charge >= 0.3 is 0 Å². The van der Waals surface area contributed by atoms with Crippen LogP contribution in [0.25, 0.3) is 0 Å². The van der Waals surface area contributed by atoms with Crippen LogP contribution in [0.5, 0.6) is 0 Å². The highest BCUT2D eigenvalue weighted by molar-refractivity contribution is 7.91. The number of sulfonamides is 1. The fourth-order valence-corrected chi connectivity index (χ4v) is 5.47. The second kappa shape index (κ2) is 6.11. The van der Waals surface area contributed by atoms with E-state index >= 15 is 0 Å². The number of fused-ring (bicyclic) bond motifs is 1. The van der Waals surface area contributed by atoms with Gasteiger partial charge in [-0.1, -0.05) is 6.07 Å². The topological polar surface area (TPSA) is 58.4 Å². The Balaban J connectivity index is 1.93. The van der Waals surface area contributed by atoms with Crippen LogP contribution in [0.1, 0.15) is 5.82 Å². The van der Waals surface area contributed by atoms with Crippen LogP contribution < -0.4 is 0 Å². The van der Waals surface area contributed by atoms with Gasteiger partial charge in [-0.3, -0.25) is 0 Å². The third kappa shape index (κ3) is 3.10. The van der Waals surface area contributed by atoms with Crippen LogP contribution >= 0.6 is 11.3 Å². The summed E-state index contributed by atoms with van der Waals surface area (Å²) in [5.74, 6) is 1.04. The molecule has 1 aliphatic heterocycles. The number of rotatable bonds is 4. The Hall–Kier alpha value is -1.22. The second-order valence-corrected chi connectivity index (χ2v) is 8.97. The van der Waals surface area contributed by atoms with E-state index in [1.165, 1.54) is 11.3 Å². The van der Waals surface area contributed by atoms with Crippen molar-refractivity contribution >= 4 is 21.4 Å².